The third kappa shape index (κ3) is 2.91. The normalized spacial score (nSPS) is 37.7. The Morgan fingerprint density at radius 3 is 1.94 bits per heavy atom. The second-order valence-electron chi connectivity index (χ2n) is 8.55. The van der Waals surface area contributed by atoms with E-state index in [4.69, 9.17) is 4.74 Å². The van der Waals surface area contributed by atoms with Crippen LogP contribution < -0.4 is 5.32 Å². The summed E-state index contributed by atoms with van der Waals surface area (Å²) in [4.78, 5) is 0. The van der Waals surface area contributed by atoms with Gasteiger partial charge in [0.1, 0.15) is 0 Å². The van der Waals surface area contributed by atoms with Gasteiger partial charge in [-0.1, -0.05) is 34.6 Å². The third-order valence-electron chi connectivity index (χ3n) is 4.72. The molecule has 1 saturated carbocycles. The van der Waals surface area contributed by atoms with Gasteiger partial charge in [0.15, 0.2) is 0 Å². The van der Waals surface area contributed by atoms with Crippen LogP contribution in [0, 0.1) is 10.8 Å². The van der Waals surface area contributed by atoms with Gasteiger partial charge in [-0.25, -0.2) is 0 Å². The molecule has 1 aliphatic carbocycles. The van der Waals surface area contributed by atoms with Crippen LogP contribution in [0.4, 0.5) is 0 Å². The first-order chi connectivity index (χ1) is 8.10. The zero-order valence-corrected chi connectivity index (χ0v) is 13.2. The van der Waals surface area contributed by atoms with Gasteiger partial charge in [-0.3, -0.25) is 0 Å². The highest BCUT2D eigenvalue weighted by Crippen LogP contribution is 2.53. The summed E-state index contributed by atoms with van der Waals surface area (Å²) in [5, 5.41) is 3.64. The highest BCUT2D eigenvalue weighted by molar-refractivity contribution is 5.04. The fourth-order valence-electron chi connectivity index (χ4n) is 4.77. The van der Waals surface area contributed by atoms with Crippen LogP contribution in [-0.4, -0.2) is 24.3 Å². The van der Waals surface area contributed by atoms with Gasteiger partial charge < -0.3 is 10.1 Å². The summed E-state index contributed by atoms with van der Waals surface area (Å²) < 4.78 is 6.66. The summed E-state index contributed by atoms with van der Waals surface area (Å²) in [7, 11) is 0. The van der Waals surface area contributed by atoms with Crippen LogP contribution in [0.15, 0.2) is 0 Å². The summed E-state index contributed by atoms with van der Waals surface area (Å²) in [6.07, 6.45) is 4.76. The highest BCUT2D eigenvalue weighted by Gasteiger charge is 2.52. The van der Waals surface area contributed by atoms with E-state index >= 15 is 0 Å². The Hall–Kier alpha value is -0.0800. The smallest absolute Gasteiger partial charge is 0.0824 e. The summed E-state index contributed by atoms with van der Waals surface area (Å²) in [5.74, 6) is 0. The van der Waals surface area contributed by atoms with E-state index in [9.17, 15) is 0 Å². The van der Waals surface area contributed by atoms with Crippen molar-refractivity contribution in [3.63, 3.8) is 0 Å². The summed E-state index contributed by atoms with van der Waals surface area (Å²) in [5.41, 5.74) is 0.834. The predicted molar refractivity (Wildman–Crippen MR) is 76.8 cm³/mol. The fourth-order valence-corrected chi connectivity index (χ4v) is 4.77. The van der Waals surface area contributed by atoms with Gasteiger partial charge in [0.05, 0.1) is 11.2 Å². The molecule has 2 heteroatoms. The fraction of sp³-hybridized carbons (Fsp3) is 1.00. The summed E-state index contributed by atoms with van der Waals surface area (Å²) in [6, 6.07) is 0. The number of nitrogens with one attached hydrogen (secondary N) is 1. The Labute approximate surface area is 113 Å². The van der Waals surface area contributed by atoms with Gasteiger partial charge in [-0.05, 0) is 43.4 Å². The van der Waals surface area contributed by atoms with Crippen LogP contribution in [-0.2, 0) is 4.74 Å². The first-order valence-electron chi connectivity index (χ1n) is 7.50. The zero-order chi connectivity index (χ0) is 13.7. The quantitative estimate of drug-likeness (QED) is 0.768. The minimum absolute atomic E-state index is 0.0156. The van der Waals surface area contributed by atoms with Crippen molar-refractivity contribution in [2.45, 2.75) is 78.4 Å². The molecule has 2 aliphatic rings. The first-order valence-corrected chi connectivity index (χ1v) is 7.50. The van der Waals surface area contributed by atoms with E-state index in [-0.39, 0.29) is 11.2 Å². The summed E-state index contributed by atoms with van der Waals surface area (Å²) in [6.45, 7) is 16.1. The van der Waals surface area contributed by atoms with Crippen LogP contribution in [0.1, 0.15) is 67.2 Å². The van der Waals surface area contributed by atoms with E-state index in [0.29, 0.717) is 10.8 Å². The maximum Gasteiger partial charge on any atom is 0.0824 e. The van der Waals surface area contributed by atoms with Crippen LogP contribution >= 0.6 is 0 Å². The molecule has 1 N–H and O–H groups in total. The Kier molecular flexibility index (Phi) is 3.35. The highest BCUT2D eigenvalue weighted by atomic mass is 16.5. The van der Waals surface area contributed by atoms with Crippen LogP contribution in [0.25, 0.3) is 0 Å². The number of morpholine rings is 1. The van der Waals surface area contributed by atoms with Gasteiger partial charge in [0.2, 0.25) is 0 Å². The lowest BCUT2D eigenvalue weighted by molar-refractivity contribution is -0.215. The molecule has 18 heavy (non-hydrogen) atoms. The van der Waals surface area contributed by atoms with Crippen LogP contribution in [0.2, 0.25) is 0 Å². The number of rotatable bonds is 1. The molecule has 1 saturated heterocycles. The van der Waals surface area contributed by atoms with Crippen LogP contribution in [0.3, 0.4) is 0 Å². The molecule has 1 aliphatic heterocycles. The second kappa shape index (κ2) is 4.21. The van der Waals surface area contributed by atoms with E-state index in [1.165, 1.54) is 19.3 Å². The SMILES string of the molecule is CCC1(C)CNCC2(CC(C)(C)CC(C)(C)C2)O1. The Morgan fingerprint density at radius 1 is 0.889 bits per heavy atom. The van der Waals surface area contributed by atoms with E-state index in [1.807, 2.05) is 0 Å². The summed E-state index contributed by atoms with van der Waals surface area (Å²) >= 11 is 0. The average molecular weight is 253 g/mol. The predicted octanol–water partition coefficient (Wildman–Crippen LogP) is 3.75. The molecule has 0 radical (unpaired) electrons. The van der Waals surface area contributed by atoms with Crippen molar-refractivity contribution in [3.05, 3.63) is 0 Å². The Bertz CT molecular complexity index is 305. The minimum Gasteiger partial charge on any atom is -0.366 e. The molecule has 0 bridgehead atoms. The minimum atomic E-state index is 0.0156. The molecule has 2 fully saturated rings. The van der Waals surface area contributed by atoms with Gasteiger partial charge >= 0.3 is 0 Å². The largest absolute Gasteiger partial charge is 0.366 e. The van der Waals surface area contributed by atoms with Gasteiger partial charge in [-0.15, -0.1) is 0 Å². The van der Waals surface area contributed by atoms with Crippen molar-refractivity contribution < 1.29 is 4.74 Å². The van der Waals surface area contributed by atoms with Gasteiger partial charge in [0.25, 0.3) is 0 Å². The van der Waals surface area contributed by atoms with E-state index in [0.717, 1.165) is 19.5 Å². The topological polar surface area (TPSA) is 21.3 Å². The van der Waals surface area contributed by atoms with Crippen LogP contribution in [0.5, 0.6) is 0 Å². The lowest BCUT2D eigenvalue weighted by atomic mass is 9.59. The molecule has 0 aromatic heterocycles. The lowest BCUT2D eigenvalue weighted by Crippen LogP contribution is -2.63. The number of hydrogen-bond acceptors (Lipinski definition) is 2. The zero-order valence-electron chi connectivity index (χ0n) is 13.2. The molecule has 0 amide bonds. The van der Waals surface area contributed by atoms with E-state index in [1.54, 1.807) is 0 Å². The first kappa shape index (κ1) is 14.3. The van der Waals surface area contributed by atoms with Crippen molar-refractivity contribution in [1.29, 1.82) is 0 Å². The molecule has 0 aromatic carbocycles. The lowest BCUT2D eigenvalue weighted by Gasteiger charge is -2.56. The molecule has 2 rings (SSSR count). The molecule has 1 unspecified atom stereocenters. The van der Waals surface area contributed by atoms with Crippen molar-refractivity contribution in [2.24, 2.45) is 10.8 Å². The maximum absolute atomic E-state index is 6.66. The molecule has 1 heterocycles. The maximum atomic E-state index is 6.66. The average Bonchev–Trinajstić information content (AvgIpc) is 2.11. The number of ether oxygens (including phenoxy) is 1. The number of hydrogen-bond donors (Lipinski definition) is 1. The van der Waals surface area contributed by atoms with Crippen molar-refractivity contribution in [3.8, 4) is 0 Å². The molecule has 1 spiro atoms. The van der Waals surface area contributed by atoms with Crippen molar-refractivity contribution in [2.75, 3.05) is 13.1 Å². The third-order valence-corrected chi connectivity index (χ3v) is 4.72. The molecule has 106 valence electrons. The van der Waals surface area contributed by atoms with E-state index < -0.39 is 0 Å². The Balaban J connectivity index is 2.24. The monoisotopic (exact) mass is 253 g/mol. The molecular weight excluding hydrogens is 222 g/mol. The Morgan fingerprint density at radius 2 is 1.44 bits per heavy atom. The standard InChI is InChI=1S/C16H31NO/c1-7-15(6)11-17-12-16(18-15)9-13(2,3)8-14(4,5)10-16/h17H,7-12H2,1-6H3. The molecular formula is C16H31NO. The van der Waals surface area contributed by atoms with Crippen molar-refractivity contribution in [1.82, 2.24) is 5.32 Å². The van der Waals surface area contributed by atoms with Gasteiger partial charge in [-0.2, -0.15) is 0 Å². The van der Waals surface area contributed by atoms with E-state index in [2.05, 4.69) is 46.9 Å². The molecule has 1 atom stereocenters. The molecule has 0 aromatic rings. The molecule has 2 nitrogen and oxygen atoms in total. The second-order valence-corrected chi connectivity index (χ2v) is 8.55. The van der Waals surface area contributed by atoms with Gasteiger partial charge in [0, 0.05) is 13.1 Å². The van der Waals surface area contributed by atoms with Crippen molar-refractivity contribution >= 4 is 0 Å².